The molecule has 1 saturated heterocycles. The van der Waals surface area contributed by atoms with Gasteiger partial charge in [0.1, 0.15) is 0 Å². The highest BCUT2D eigenvalue weighted by Gasteiger charge is 2.16. The third-order valence-electron chi connectivity index (χ3n) is 4.54. The zero-order valence-corrected chi connectivity index (χ0v) is 16.4. The van der Waals surface area contributed by atoms with Gasteiger partial charge in [-0.3, -0.25) is 14.5 Å². The highest BCUT2D eigenvalue weighted by atomic mass is 32.1. The molecule has 0 aliphatic carbocycles. The van der Waals surface area contributed by atoms with Gasteiger partial charge in [0.2, 0.25) is 5.91 Å². The number of benzene rings is 1. The molecular weight excluding hydrogens is 360 g/mol. The number of piperidine rings is 1. The molecule has 0 bridgehead atoms. The number of rotatable bonds is 7. The molecule has 3 rings (SSSR count). The van der Waals surface area contributed by atoms with Crippen LogP contribution in [0.5, 0.6) is 0 Å². The van der Waals surface area contributed by atoms with Crippen LogP contribution in [0.25, 0.3) is 0 Å². The Hall–Kier alpha value is -2.25. The maximum Gasteiger partial charge on any atom is 0.251 e. The van der Waals surface area contributed by atoms with Crippen molar-refractivity contribution in [3.63, 3.8) is 0 Å². The number of carbonyl (C=O) groups is 2. The molecule has 1 aromatic carbocycles. The van der Waals surface area contributed by atoms with Crippen molar-refractivity contribution in [2.24, 2.45) is 0 Å². The van der Waals surface area contributed by atoms with Crippen molar-refractivity contribution in [2.45, 2.75) is 45.2 Å². The second-order valence-electron chi connectivity index (χ2n) is 6.97. The third-order valence-corrected chi connectivity index (χ3v) is 5.34. The minimum atomic E-state index is -0.259. The third kappa shape index (κ3) is 6.15. The fraction of sp³-hybridized carbons (Fsp3) is 0.450. The zero-order valence-electron chi connectivity index (χ0n) is 15.6. The van der Waals surface area contributed by atoms with Crippen LogP contribution < -0.4 is 10.6 Å². The summed E-state index contributed by atoms with van der Waals surface area (Å²) in [6.45, 7) is 4.91. The van der Waals surface area contributed by atoms with E-state index < -0.39 is 0 Å². The summed E-state index contributed by atoms with van der Waals surface area (Å²) in [7, 11) is 0. The smallest absolute Gasteiger partial charge is 0.251 e. The molecule has 144 valence electrons. The van der Waals surface area contributed by atoms with Gasteiger partial charge in [0.25, 0.3) is 5.91 Å². The lowest BCUT2D eigenvalue weighted by Gasteiger charge is -2.25. The van der Waals surface area contributed by atoms with Gasteiger partial charge in [-0.15, -0.1) is 11.3 Å². The van der Waals surface area contributed by atoms with Crippen LogP contribution in [0.2, 0.25) is 0 Å². The van der Waals surface area contributed by atoms with Crippen molar-refractivity contribution >= 4 is 28.3 Å². The Morgan fingerprint density at radius 1 is 1.19 bits per heavy atom. The van der Waals surface area contributed by atoms with Crippen molar-refractivity contribution < 1.29 is 9.59 Å². The quantitative estimate of drug-likeness (QED) is 0.766. The first kappa shape index (κ1) is 19.5. The number of hydrogen-bond donors (Lipinski definition) is 2. The average Bonchev–Trinajstić information content (AvgIpc) is 3.09. The summed E-state index contributed by atoms with van der Waals surface area (Å²) in [5, 5.41) is 8.31. The van der Waals surface area contributed by atoms with Crippen LogP contribution in [0, 0.1) is 0 Å². The molecule has 2 amide bonds. The molecule has 2 aromatic rings. The molecule has 7 heteroatoms. The Labute approximate surface area is 164 Å². The SMILES string of the molecule is CC(CC(=O)Nc1nc(CN2CCCCC2)cs1)NC(=O)c1ccccc1. The second kappa shape index (κ2) is 9.62. The van der Waals surface area contributed by atoms with Crippen LogP contribution in [-0.4, -0.2) is 40.8 Å². The van der Waals surface area contributed by atoms with Crippen LogP contribution in [0.15, 0.2) is 35.7 Å². The summed E-state index contributed by atoms with van der Waals surface area (Å²) in [5.74, 6) is -0.316. The Morgan fingerprint density at radius 2 is 1.93 bits per heavy atom. The maximum atomic E-state index is 12.2. The first-order valence-electron chi connectivity index (χ1n) is 9.42. The summed E-state index contributed by atoms with van der Waals surface area (Å²) < 4.78 is 0. The van der Waals surface area contributed by atoms with Gasteiger partial charge in [-0.25, -0.2) is 4.98 Å². The highest BCUT2D eigenvalue weighted by Crippen LogP contribution is 2.19. The largest absolute Gasteiger partial charge is 0.349 e. The van der Waals surface area contributed by atoms with E-state index in [1.54, 1.807) is 12.1 Å². The number of hydrogen-bond acceptors (Lipinski definition) is 5. The number of anilines is 1. The van der Waals surface area contributed by atoms with E-state index >= 15 is 0 Å². The van der Waals surface area contributed by atoms with E-state index in [0.29, 0.717) is 10.7 Å². The van der Waals surface area contributed by atoms with Crippen molar-refractivity contribution in [3.05, 3.63) is 47.0 Å². The Balaban J connectivity index is 1.44. The molecule has 1 aliphatic rings. The number of nitrogens with zero attached hydrogens (tertiary/aromatic N) is 2. The number of nitrogens with one attached hydrogen (secondary N) is 2. The average molecular weight is 387 g/mol. The van der Waals surface area contributed by atoms with Gasteiger partial charge in [0.05, 0.1) is 5.69 Å². The lowest BCUT2D eigenvalue weighted by molar-refractivity contribution is -0.116. The monoisotopic (exact) mass is 386 g/mol. The molecule has 0 spiro atoms. The first-order chi connectivity index (χ1) is 13.1. The van der Waals surface area contributed by atoms with Crippen molar-refractivity contribution in [1.29, 1.82) is 0 Å². The lowest BCUT2D eigenvalue weighted by Crippen LogP contribution is -2.35. The molecule has 2 heterocycles. The summed E-state index contributed by atoms with van der Waals surface area (Å²) in [5.41, 5.74) is 1.59. The number of amides is 2. The topological polar surface area (TPSA) is 74.3 Å². The van der Waals surface area contributed by atoms with Gasteiger partial charge >= 0.3 is 0 Å². The molecule has 1 aliphatic heterocycles. The van der Waals surface area contributed by atoms with E-state index in [1.807, 2.05) is 30.5 Å². The van der Waals surface area contributed by atoms with Crippen LogP contribution in [0.3, 0.4) is 0 Å². The van der Waals surface area contributed by atoms with Crippen molar-refractivity contribution in [2.75, 3.05) is 18.4 Å². The summed E-state index contributed by atoms with van der Waals surface area (Å²) in [6.07, 6.45) is 4.02. The van der Waals surface area contributed by atoms with E-state index in [2.05, 4.69) is 20.5 Å². The van der Waals surface area contributed by atoms with Gasteiger partial charge in [-0.1, -0.05) is 24.6 Å². The van der Waals surface area contributed by atoms with E-state index in [-0.39, 0.29) is 24.3 Å². The lowest BCUT2D eigenvalue weighted by atomic mass is 10.1. The van der Waals surface area contributed by atoms with Gasteiger partial charge in [-0.05, 0) is 45.0 Å². The second-order valence-corrected chi connectivity index (χ2v) is 7.83. The van der Waals surface area contributed by atoms with E-state index in [0.717, 1.165) is 25.3 Å². The van der Waals surface area contributed by atoms with Crippen LogP contribution >= 0.6 is 11.3 Å². The summed E-state index contributed by atoms with van der Waals surface area (Å²) in [6, 6.07) is 8.74. The molecule has 1 unspecified atom stereocenters. The fourth-order valence-electron chi connectivity index (χ4n) is 3.18. The molecule has 0 radical (unpaired) electrons. The number of thiazole rings is 1. The van der Waals surface area contributed by atoms with Crippen LogP contribution in [0.4, 0.5) is 5.13 Å². The van der Waals surface area contributed by atoms with Gasteiger partial charge in [0, 0.05) is 30.0 Å². The number of aromatic nitrogens is 1. The summed E-state index contributed by atoms with van der Waals surface area (Å²) >= 11 is 1.45. The minimum Gasteiger partial charge on any atom is -0.349 e. The Kier molecular flexibility index (Phi) is 6.95. The number of likely N-dealkylation sites (tertiary alicyclic amines) is 1. The van der Waals surface area contributed by atoms with E-state index in [4.69, 9.17) is 0 Å². The molecule has 2 N–H and O–H groups in total. The van der Waals surface area contributed by atoms with Crippen LogP contribution in [-0.2, 0) is 11.3 Å². The molecule has 1 fully saturated rings. The zero-order chi connectivity index (χ0) is 19.1. The Bertz CT molecular complexity index is 756. The predicted molar refractivity (Wildman–Crippen MR) is 108 cm³/mol. The fourth-order valence-corrected chi connectivity index (χ4v) is 3.90. The van der Waals surface area contributed by atoms with E-state index in [1.165, 1.54) is 30.6 Å². The van der Waals surface area contributed by atoms with Gasteiger partial charge in [-0.2, -0.15) is 0 Å². The molecule has 1 aromatic heterocycles. The van der Waals surface area contributed by atoms with Crippen molar-refractivity contribution in [1.82, 2.24) is 15.2 Å². The summed E-state index contributed by atoms with van der Waals surface area (Å²) in [4.78, 5) is 31.3. The first-order valence-corrected chi connectivity index (χ1v) is 10.3. The molecule has 1 atom stereocenters. The van der Waals surface area contributed by atoms with Gasteiger partial charge < -0.3 is 10.6 Å². The van der Waals surface area contributed by atoms with E-state index in [9.17, 15) is 9.59 Å². The minimum absolute atomic E-state index is 0.144. The molecule has 27 heavy (non-hydrogen) atoms. The highest BCUT2D eigenvalue weighted by molar-refractivity contribution is 7.13. The van der Waals surface area contributed by atoms with Crippen molar-refractivity contribution in [3.8, 4) is 0 Å². The van der Waals surface area contributed by atoms with Crippen LogP contribution in [0.1, 0.15) is 48.7 Å². The Morgan fingerprint density at radius 3 is 2.67 bits per heavy atom. The maximum absolute atomic E-state index is 12.2. The molecule has 6 nitrogen and oxygen atoms in total. The predicted octanol–water partition coefficient (Wildman–Crippen LogP) is 3.28. The normalized spacial score (nSPS) is 15.9. The van der Waals surface area contributed by atoms with Gasteiger partial charge in [0.15, 0.2) is 5.13 Å². The standard InChI is InChI=1S/C20H26N4O2S/c1-15(21-19(26)16-8-4-2-5-9-16)12-18(25)23-20-22-17(14-27-20)13-24-10-6-3-7-11-24/h2,4-5,8-9,14-15H,3,6-7,10-13H2,1H3,(H,21,26)(H,22,23,25). The number of carbonyl (C=O) groups excluding carboxylic acids is 2. The molecular formula is C20H26N4O2S. The molecule has 0 saturated carbocycles.